The topological polar surface area (TPSA) is 94.7 Å². The van der Waals surface area contributed by atoms with Gasteiger partial charge in [0.25, 0.3) is 5.56 Å². The summed E-state index contributed by atoms with van der Waals surface area (Å²) < 4.78 is 2.87. The van der Waals surface area contributed by atoms with Gasteiger partial charge >= 0.3 is 0 Å². The van der Waals surface area contributed by atoms with Gasteiger partial charge in [0.1, 0.15) is 19.2 Å². The van der Waals surface area contributed by atoms with Crippen molar-refractivity contribution in [2.45, 2.75) is 26.1 Å². The standard InChI is InChI=1S/C21H20N6O2/c1-15-17-9-5-6-10-18(17)21(29)27(25-15)12-20(28)24-19(11-26-14-22-13-23-26)16-7-3-2-4-8-16/h2-10,13-14,19H,11-12H2,1H3,(H,24,28). The van der Waals surface area contributed by atoms with Gasteiger partial charge in [0.15, 0.2) is 0 Å². The number of carbonyl (C=O) groups is 1. The van der Waals surface area contributed by atoms with Crippen LogP contribution in [0.15, 0.2) is 72.0 Å². The molecule has 0 saturated carbocycles. The summed E-state index contributed by atoms with van der Waals surface area (Å²) in [7, 11) is 0. The Bertz CT molecular complexity index is 1190. The van der Waals surface area contributed by atoms with Crippen LogP contribution in [0.5, 0.6) is 0 Å². The molecular weight excluding hydrogens is 368 g/mol. The Balaban J connectivity index is 1.58. The van der Waals surface area contributed by atoms with Crippen LogP contribution in [-0.2, 0) is 17.9 Å². The summed E-state index contributed by atoms with van der Waals surface area (Å²) in [6.07, 6.45) is 3.05. The summed E-state index contributed by atoms with van der Waals surface area (Å²) in [6.45, 7) is 2.09. The zero-order valence-corrected chi connectivity index (χ0v) is 15.9. The van der Waals surface area contributed by atoms with Crippen LogP contribution in [0.25, 0.3) is 10.8 Å². The molecule has 8 heteroatoms. The Morgan fingerprint density at radius 1 is 1.07 bits per heavy atom. The second-order valence-electron chi connectivity index (χ2n) is 6.74. The molecule has 1 atom stereocenters. The van der Waals surface area contributed by atoms with E-state index in [2.05, 4.69) is 20.5 Å². The Labute approximate surface area is 166 Å². The minimum atomic E-state index is -0.317. The first-order chi connectivity index (χ1) is 14.1. The zero-order valence-electron chi connectivity index (χ0n) is 15.9. The molecule has 2 heterocycles. The fraction of sp³-hybridized carbons (Fsp3) is 0.190. The van der Waals surface area contributed by atoms with Crippen molar-refractivity contribution in [3.05, 3.63) is 88.9 Å². The Morgan fingerprint density at radius 3 is 2.52 bits per heavy atom. The van der Waals surface area contributed by atoms with Crippen LogP contribution >= 0.6 is 0 Å². The van der Waals surface area contributed by atoms with Crippen molar-refractivity contribution in [3.8, 4) is 0 Å². The highest BCUT2D eigenvalue weighted by molar-refractivity contribution is 5.83. The maximum atomic E-state index is 12.8. The van der Waals surface area contributed by atoms with Crippen molar-refractivity contribution in [2.24, 2.45) is 0 Å². The number of aromatic nitrogens is 5. The first-order valence-corrected chi connectivity index (χ1v) is 9.25. The van der Waals surface area contributed by atoms with Gasteiger partial charge in [-0.3, -0.25) is 14.3 Å². The Kier molecular flexibility index (Phi) is 5.15. The summed E-state index contributed by atoms with van der Waals surface area (Å²) in [5.74, 6) is -0.303. The monoisotopic (exact) mass is 388 g/mol. The Morgan fingerprint density at radius 2 is 1.79 bits per heavy atom. The van der Waals surface area contributed by atoms with E-state index in [0.29, 0.717) is 17.6 Å². The van der Waals surface area contributed by atoms with Crippen LogP contribution in [0.1, 0.15) is 17.3 Å². The lowest BCUT2D eigenvalue weighted by Crippen LogP contribution is -2.37. The van der Waals surface area contributed by atoms with Gasteiger partial charge in [-0.25, -0.2) is 9.67 Å². The third-order valence-corrected chi connectivity index (χ3v) is 4.72. The van der Waals surface area contributed by atoms with Gasteiger partial charge in [-0.2, -0.15) is 10.2 Å². The quantitative estimate of drug-likeness (QED) is 0.544. The molecule has 4 aromatic rings. The fourth-order valence-electron chi connectivity index (χ4n) is 3.32. The normalized spacial score (nSPS) is 12.0. The predicted molar refractivity (Wildman–Crippen MR) is 108 cm³/mol. The van der Waals surface area contributed by atoms with Crippen molar-refractivity contribution < 1.29 is 4.79 Å². The fourth-order valence-corrected chi connectivity index (χ4v) is 3.32. The molecule has 0 aliphatic carbocycles. The number of amides is 1. The highest BCUT2D eigenvalue weighted by atomic mass is 16.2. The number of hydrogen-bond acceptors (Lipinski definition) is 5. The van der Waals surface area contributed by atoms with E-state index in [-0.39, 0.29) is 24.1 Å². The van der Waals surface area contributed by atoms with Gasteiger partial charge in [-0.05, 0) is 18.6 Å². The maximum absolute atomic E-state index is 12.8. The van der Waals surface area contributed by atoms with Crippen LogP contribution < -0.4 is 10.9 Å². The second kappa shape index (κ2) is 8.05. The lowest BCUT2D eigenvalue weighted by Gasteiger charge is -2.19. The minimum Gasteiger partial charge on any atom is -0.346 e. The highest BCUT2D eigenvalue weighted by Gasteiger charge is 2.17. The first-order valence-electron chi connectivity index (χ1n) is 9.25. The third kappa shape index (κ3) is 4.06. The van der Waals surface area contributed by atoms with E-state index < -0.39 is 0 Å². The molecule has 0 spiro atoms. The lowest BCUT2D eigenvalue weighted by atomic mass is 10.1. The number of nitrogens with one attached hydrogen (secondary N) is 1. The van der Waals surface area contributed by atoms with Crippen LogP contribution in [0.3, 0.4) is 0 Å². The van der Waals surface area contributed by atoms with Crippen LogP contribution in [0.2, 0.25) is 0 Å². The summed E-state index contributed by atoms with van der Waals surface area (Å²) in [5, 5.41) is 12.8. The van der Waals surface area contributed by atoms with E-state index in [4.69, 9.17) is 0 Å². The number of benzene rings is 2. The summed E-state index contributed by atoms with van der Waals surface area (Å²) in [4.78, 5) is 29.4. The molecule has 8 nitrogen and oxygen atoms in total. The molecule has 0 radical (unpaired) electrons. The molecule has 1 unspecified atom stereocenters. The molecule has 4 rings (SSSR count). The zero-order chi connectivity index (χ0) is 20.2. The average molecular weight is 388 g/mol. The van der Waals surface area contributed by atoms with E-state index in [0.717, 1.165) is 10.9 Å². The first kappa shape index (κ1) is 18.5. The van der Waals surface area contributed by atoms with Gasteiger partial charge in [-0.15, -0.1) is 0 Å². The summed E-state index contributed by atoms with van der Waals surface area (Å²) in [6, 6.07) is 16.6. The molecule has 0 fully saturated rings. The number of fused-ring (bicyclic) bond motifs is 1. The van der Waals surface area contributed by atoms with Crippen LogP contribution in [0.4, 0.5) is 0 Å². The molecule has 29 heavy (non-hydrogen) atoms. The minimum absolute atomic E-state index is 0.162. The van der Waals surface area contributed by atoms with E-state index in [9.17, 15) is 9.59 Å². The second-order valence-corrected chi connectivity index (χ2v) is 6.74. The van der Waals surface area contributed by atoms with Gasteiger partial charge in [0, 0.05) is 5.39 Å². The maximum Gasteiger partial charge on any atom is 0.275 e. The third-order valence-electron chi connectivity index (χ3n) is 4.72. The van der Waals surface area contributed by atoms with Crippen molar-refractivity contribution in [1.29, 1.82) is 0 Å². The molecule has 2 aromatic heterocycles. The number of rotatable bonds is 6. The molecule has 146 valence electrons. The largest absolute Gasteiger partial charge is 0.346 e. The molecule has 0 aliphatic heterocycles. The van der Waals surface area contributed by atoms with Crippen LogP contribution in [-0.4, -0.2) is 30.5 Å². The lowest BCUT2D eigenvalue weighted by molar-refractivity contribution is -0.122. The summed E-state index contributed by atoms with van der Waals surface area (Å²) >= 11 is 0. The van der Waals surface area contributed by atoms with E-state index in [1.165, 1.54) is 11.0 Å². The van der Waals surface area contributed by atoms with Crippen molar-refractivity contribution in [1.82, 2.24) is 29.9 Å². The highest BCUT2D eigenvalue weighted by Crippen LogP contribution is 2.15. The molecule has 1 N–H and O–H groups in total. The van der Waals surface area contributed by atoms with Gasteiger partial charge < -0.3 is 5.32 Å². The SMILES string of the molecule is Cc1nn(CC(=O)NC(Cn2cncn2)c2ccccc2)c(=O)c2ccccc12. The van der Waals surface area contributed by atoms with E-state index in [1.54, 1.807) is 23.1 Å². The van der Waals surface area contributed by atoms with Crippen molar-refractivity contribution in [2.75, 3.05) is 0 Å². The van der Waals surface area contributed by atoms with E-state index in [1.807, 2.05) is 49.4 Å². The summed E-state index contributed by atoms with van der Waals surface area (Å²) in [5.41, 5.74) is 1.36. The predicted octanol–water partition coefficient (Wildman–Crippen LogP) is 1.85. The number of aryl methyl sites for hydroxylation is 1. The van der Waals surface area contributed by atoms with Crippen molar-refractivity contribution >= 4 is 16.7 Å². The molecule has 0 saturated heterocycles. The molecule has 0 aliphatic rings. The number of carbonyl (C=O) groups excluding carboxylic acids is 1. The van der Waals surface area contributed by atoms with Crippen molar-refractivity contribution in [3.63, 3.8) is 0 Å². The van der Waals surface area contributed by atoms with Crippen LogP contribution in [0, 0.1) is 6.92 Å². The smallest absolute Gasteiger partial charge is 0.275 e. The molecule has 1 amide bonds. The van der Waals surface area contributed by atoms with Gasteiger partial charge in [-0.1, -0.05) is 48.5 Å². The van der Waals surface area contributed by atoms with Gasteiger partial charge in [0.05, 0.1) is 23.7 Å². The number of nitrogens with zero attached hydrogens (tertiary/aromatic N) is 5. The Hall–Kier alpha value is -3.81. The average Bonchev–Trinajstić information content (AvgIpc) is 3.25. The molecular formula is C21H20N6O2. The molecule has 0 bridgehead atoms. The van der Waals surface area contributed by atoms with E-state index >= 15 is 0 Å². The molecule has 2 aromatic carbocycles. The van der Waals surface area contributed by atoms with Gasteiger partial charge in [0.2, 0.25) is 5.91 Å². The number of hydrogen-bond donors (Lipinski definition) is 1.